The number of esters is 1. The third-order valence-electron chi connectivity index (χ3n) is 2.53. The van der Waals surface area contributed by atoms with E-state index >= 15 is 0 Å². The molecule has 1 aromatic rings. The van der Waals surface area contributed by atoms with Crippen LogP contribution in [0, 0.1) is 0 Å². The Balaban J connectivity index is 2.45. The highest BCUT2D eigenvalue weighted by molar-refractivity contribution is 6.47. The average Bonchev–Trinajstić information content (AvgIpc) is 2.31. The number of nitrogens with one attached hydrogen (secondary N) is 1. The predicted octanol–water partition coefficient (Wildman–Crippen LogP) is 0.854. The summed E-state index contributed by atoms with van der Waals surface area (Å²) < 4.78 is 4.82. The topological polar surface area (TPSA) is 72.5 Å². The number of ether oxygens (including phenoxy) is 1. The molecule has 17 heavy (non-hydrogen) atoms. The zero-order chi connectivity index (χ0) is 12.4. The van der Waals surface area contributed by atoms with Gasteiger partial charge >= 0.3 is 5.97 Å². The Bertz CT molecular complexity index is 495. The van der Waals surface area contributed by atoms with Crippen molar-refractivity contribution >= 4 is 23.3 Å². The van der Waals surface area contributed by atoms with E-state index in [0.717, 1.165) is 0 Å². The Morgan fingerprint density at radius 3 is 2.76 bits per heavy atom. The fourth-order valence-electron chi connectivity index (χ4n) is 1.78. The molecule has 5 heteroatoms. The van der Waals surface area contributed by atoms with Crippen LogP contribution in [-0.4, -0.2) is 24.3 Å². The molecule has 1 atom stereocenters. The summed E-state index contributed by atoms with van der Waals surface area (Å²) in [6.45, 7) is 1.82. The number of carbonyl (C=O) groups excluding carboxylic acids is 3. The number of hydrogen-bond acceptors (Lipinski definition) is 4. The second-order valence-corrected chi connectivity index (χ2v) is 3.59. The molecule has 1 N–H and O–H groups in total. The molecule has 0 aliphatic carbocycles. The first-order chi connectivity index (χ1) is 8.15. The van der Waals surface area contributed by atoms with Gasteiger partial charge in [-0.2, -0.15) is 0 Å². The number of benzene rings is 1. The predicted molar refractivity (Wildman–Crippen MR) is 59.5 cm³/mol. The van der Waals surface area contributed by atoms with Gasteiger partial charge in [-0.15, -0.1) is 0 Å². The molecule has 1 amide bonds. The first-order valence-corrected chi connectivity index (χ1v) is 5.26. The van der Waals surface area contributed by atoms with Gasteiger partial charge in [0, 0.05) is 5.69 Å². The zero-order valence-corrected chi connectivity index (χ0v) is 9.23. The van der Waals surface area contributed by atoms with Gasteiger partial charge in [0.25, 0.3) is 5.91 Å². The number of amides is 1. The zero-order valence-electron chi connectivity index (χ0n) is 9.23. The minimum Gasteiger partial charge on any atom is -0.465 e. The molecule has 1 heterocycles. The summed E-state index contributed by atoms with van der Waals surface area (Å²) in [6, 6.07) is 6.70. The number of carbonyl (C=O) groups is 3. The Labute approximate surface area is 97.8 Å². The summed E-state index contributed by atoms with van der Waals surface area (Å²) in [5.74, 6) is -3.37. The summed E-state index contributed by atoms with van der Waals surface area (Å²) in [4.78, 5) is 34.8. The van der Waals surface area contributed by atoms with Crippen LogP contribution in [0.15, 0.2) is 24.3 Å². The van der Waals surface area contributed by atoms with Crippen molar-refractivity contribution in [2.75, 3.05) is 11.9 Å². The molecule has 0 bridgehead atoms. The number of rotatable bonds is 2. The number of fused-ring (bicyclic) bond motifs is 1. The first kappa shape index (κ1) is 11.3. The van der Waals surface area contributed by atoms with Gasteiger partial charge in [-0.3, -0.25) is 14.4 Å². The van der Waals surface area contributed by atoms with Crippen LogP contribution in [0.25, 0.3) is 0 Å². The highest BCUT2D eigenvalue weighted by Crippen LogP contribution is 2.30. The van der Waals surface area contributed by atoms with Crippen molar-refractivity contribution in [2.45, 2.75) is 12.8 Å². The molecule has 0 spiro atoms. The molecular weight excluding hydrogens is 222 g/mol. The highest BCUT2D eigenvalue weighted by atomic mass is 16.5. The van der Waals surface area contributed by atoms with Crippen LogP contribution in [0.2, 0.25) is 0 Å². The van der Waals surface area contributed by atoms with E-state index in [1.807, 2.05) is 0 Å². The van der Waals surface area contributed by atoms with E-state index < -0.39 is 23.6 Å². The fraction of sp³-hybridized carbons (Fsp3) is 0.250. The third kappa shape index (κ3) is 1.91. The van der Waals surface area contributed by atoms with Crippen LogP contribution < -0.4 is 5.32 Å². The van der Waals surface area contributed by atoms with Gasteiger partial charge in [0.1, 0.15) is 0 Å². The molecule has 5 nitrogen and oxygen atoms in total. The molecule has 88 valence electrons. The molecule has 0 aromatic heterocycles. The van der Waals surface area contributed by atoms with Gasteiger partial charge in [-0.25, -0.2) is 0 Å². The maximum atomic E-state index is 11.7. The van der Waals surface area contributed by atoms with Gasteiger partial charge in [0.15, 0.2) is 5.92 Å². The van der Waals surface area contributed by atoms with Crippen molar-refractivity contribution in [3.63, 3.8) is 0 Å². The maximum absolute atomic E-state index is 11.7. The standard InChI is InChI=1S/C12H11NO4/c1-2-17-12(16)9-7-5-3-4-6-8(7)13-11(15)10(9)14/h3-6,9H,2H2,1H3,(H,13,15)/t9-/m1/s1. The van der Waals surface area contributed by atoms with Crippen molar-refractivity contribution in [3.05, 3.63) is 29.8 Å². The van der Waals surface area contributed by atoms with E-state index in [0.29, 0.717) is 11.3 Å². The number of anilines is 1. The van der Waals surface area contributed by atoms with E-state index in [1.54, 1.807) is 31.2 Å². The molecule has 0 saturated carbocycles. The lowest BCUT2D eigenvalue weighted by Crippen LogP contribution is -2.38. The van der Waals surface area contributed by atoms with Crippen molar-refractivity contribution in [3.8, 4) is 0 Å². The number of para-hydroxylation sites is 1. The lowest BCUT2D eigenvalue weighted by molar-refractivity contribution is -0.150. The van der Waals surface area contributed by atoms with Gasteiger partial charge < -0.3 is 10.1 Å². The highest BCUT2D eigenvalue weighted by Gasteiger charge is 2.39. The molecule has 0 unspecified atom stereocenters. The Hall–Kier alpha value is -2.17. The minimum atomic E-state index is -1.14. The SMILES string of the molecule is CCOC(=O)[C@H]1C(=O)C(=O)Nc2ccccc21. The monoisotopic (exact) mass is 233 g/mol. The average molecular weight is 233 g/mol. The van der Waals surface area contributed by atoms with Crippen molar-refractivity contribution in [1.29, 1.82) is 0 Å². The molecule has 0 radical (unpaired) electrons. The number of Topliss-reactive ketones (excluding diaryl/α,β-unsaturated/α-hetero) is 1. The minimum absolute atomic E-state index is 0.173. The second-order valence-electron chi connectivity index (χ2n) is 3.59. The normalized spacial score (nSPS) is 18.3. The van der Waals surface area contributed by atoms with Crippen molar-refractivity contribution in [2.24, 2.45) is 0 Å². The second kappa shape index (κ2) is 4.37. The van der Waals surface area contributed by atoms with Gasteiger partial charge in [-0.05, 0) is 18.6 Å². The van der Waals surface area contributed by atoms with E-state index in [2.05, 4.69) is 5.32 Å². The summed E-state index contributed by atoms with van der Waals surface area (Å²) in [6.07, 6.45) is 0. The lowest BCUT2D eigenvalue weighted by Gasteiger charge is -2.22. The summed E-state index contributed by atoms with van der Waals surface area (Å²) in [5.41, 5.74) is 0.964. The maximum Gasteiger partial charge on any atom is 0.321 e. The Morgan fingerprint density at radius 1 is 1.35 bits per heavy atom. The fourth-order valence-corrected chi connectivity index (χ4v) is 1.78. The van der Waals surface area contributed by atoms with Crippen molar-refractivity contribution in [1.82, 2.24) is 0 Å². The Morgan fingerprint density at radius 2 is 2.06 bits per heavy atom. The van der Waals surface area contributed by atoms with E-state index in [4.69, 9.17) is 4.74 Å². The van der Waals surface area contributed by atoms with E-state index in [9.17, 15) is 14.4 Å². The van der Waals surface area contributed by atoms with Crippen LogP contribution in [0.1, 0.15) is 18.4 Å². The van der Waals surface area contributed by atoms with Crippen LogP contribution >= 0.6 is 0 Å². The molecule has 0 fully saturated rings. The molecule has 1 aromatic carbocycles. The summed E-state index contributed by atoms with van der Waals surface area (Å²) >= 11 is 0. The summed E-state index contributed by atoms with van der Waals surface area (Å²) in [7, 11) is 0. The van der Waals surface area contributed by atoms with E-state index in [1.165, 1.54) is 0 Å². The first-order valence-electron chi connectivity index (χ1n) is 5.26. The van der Waals surface area contributed by atoms with Crippen LogP contribution in [-0.2, 0) is 19.1 Å². The van der Waals surface area contributed by atoms with Crippen LogP contribution in [0.3, 0.4) is 0 Å². The number of ketones is 1. The molecule has 2 rings (SSSR count). The molecular formula is C12H11NO4. The van der Waals surface area contributed by atoms with Gasteiger partial charge in [-0.1, -0.05) is 18.2 Å². The quantitative estimate of drug-likeness (QED) is 0.467. The van der Waals surface area contributed by atoms with Crippen LogP contribution in [0.5, 0.6) is 0 Å². The number of hydrogen-bond donors (Lipinski definition) is 1. The van der Waals surface area contributed by atoms with Crippen molar-refractivity contribution < 1.29 is 19.1 Å². The van der Waals surface area contributed by atoms with Gasteiger partial charge in [0.2, 0.25) is 5.78 Å². The van der Waals surface area contributed by atoms with Crippen LogP contribution in [0.4, 0.5) is 5.69 Å². The van der Waals surface area contributed by atoms with E-state index in [-0.39, 0.29) is 6.61 Å². The van der Waals surface area contributed by atoms with Gasteiger partial charge in [0.05, 0.1) is 6.61 Å². The lowest BCUT2D eigenvalue weighted by atomic mass is 9.89. The largest absolute Gasteiger partial charge is 0.465 e. The third-order valence-corrected chi connectivity index (χ3v) is 2.53. The smallest absolute Gasteiger partial charge is 0.321 e. The summed E-state index contributed by atoms with van der Waals surface area (Å²) in [5, 5.41) is 2.44. The Kier molecular flexibility index (Phi) is 2.91. The molecule has 0 saturated heterocycles. The molecule has 1 aliphatic heterocycles. The molecule has 1 aliphatic rings.